The van der Waals surface area contributed by atoms with Crippen LogP contribution < -0.4 is 0 Å². The first-order valence-corrected chi connectivity index (χ1v) is 10.8. The van der Waals surface area contributed by atoms with Gasteiger partial charge in [0.05, 0.1) is 11.7 Å². The Hall–Kier alpha value is -2.51. The van der Waals surface area contributed by atoms with E-state index in [2.05, 4.69) is 51.0 Å². The summed E-state index contributed by atoms with van der Waals surface area (Å²) in [5, 5.41) is 6.03. The number of carbonyl (C=O) groups excluding carboxylic acids is 1. The minimum absolute atomic E-state index is 0.0539. The van der Waals surface area contributed by atoms with E-state index in [0.29, 0.717) is 17.6 Å². The van der Waals surface area contributed by atoms with Crippen LogP contribution in [-0.2, 0) is 6.54 Å². The normalized spacial score (nSPS) is 24.2. The van der Waals surface area contributed by atoms with Crippen molar-refractivity contribution in [2.45, 2.75) is 26.4 Å². The van der Waals surface area contributed by atoms with E-state index in [9.17, 15) is 4.79 Å². The van der Waals surface area contributed by atoms with Crippen molar-refractivity contribution in [3.05, 3.63) is 70.1 Å². The number of nitrogens with zero attached hydrogens (tertiary/aromatic N) is 4. The Bertz CT molecular complexity index is 1020. The van der Waals surface area contributed by atoms with Crippen molar-refractivity contribution < 1.29 is 9.32 Å². The van der Waals surface area contributed by atoms with E-state index in [0.717, 1.165) is 31.9 Å². The molecule has 1 aromatic carbocycles. The lowest BCUT2D eigenvalue weighted by molar-refractivity contribution is 0.0657. The molecule has 0 spiro atoms. The molecule has 2 fully saturated rings. The van der Waals surface area contributed by atoms with Gasteiger partial charge in [0.15, 0.2) is 0 Å². The fourth-order valence-electron chi connectivity index (χ4n) is 4.96. The summed E-state index contributed by atoms with van der Waals surface area (Å²) in [7, 11) is 0. The van der Waals surface area contributed by atoms with Crippen molar-refractivity contribution in [3.63, 3.8) is 0 Å². The highest BCUT2D eigenvalue weighted by molar-refractivity contribution is 7.03. The fraction of sp³-hybridized carbons (Fsp3) is 0.409. The van der Waals surface area contributed by atoms with Crippen molar-refractivity contribution in [2.24, 2.45) is 11.8 Å². The molecule has 3 atom stereocenters. The summed E-state index contributed by atoms with van der Waals surface area (Å²) >= 11 is 1.50. The van der Waals surface area contributed by atoms with Gasteiger partial charge in [0.25, 0.3) is 5.91 Å². The average molecular weight is 409 g/mol. The molecule has 6 nitrogen and oxygen atoms in total. The van der Waals surface area contributed by atoms with Crippen molar-refractivity contribution in [3.8, 4) is 0 Å². The largest absolute Gasteiger partial charge is 0.351 e. The number of rotatable bonds is 4. The van der Waals surface area contributed by atoms with E-state index >= 15 is 0 Å². The van der Waals surface area contributed by atoms with Crippen molar-refractivity contribution >= 4 is 17.4 Å². The molecule has 7 heteroatoms. The molecular weight excluding hydrogens is 384 g/mol. The van der Waals surface area contributed by atoms with Crippen molar-refractivity contribution in [2.75, 3.05) is 19.6 Å². The molecule has 0 radical (unpaired) electrons. The first-order chi connectivity index (χ1) is 14.1. The van der Waals surface area contributed by atoms with Gasteiger partial charge in [0, 0.05) is 49.7 Å². The number of hydrogen-bond acceptors (Lipinski definition) is 6. The van der Waals surface area contributed by atoms with E-state index < -0.39 is 0 Å². The molecule has 3 aromatic rings. The molecule has 2 aliphatic rings. The van der Waals surface area contributed by atoms with Gasteiger partial charge in [-0.25, -0.2) is 4.37 Å². The number of fused-ring (bicyclic) bond motifs is 1. The summed E-state index contributed by atoms with van der Waals surface area (Å²) in [5.74, 6) is 1.15. The number of hydrogen-bond donors (Lipinski definition) is 0. The van der Waals surface area contributed by atoms with Crippen molar-refractivity contribution in [1.82, 2.24) is 19.3 Å². The van der Waals surface area contributed by atoms with Gasteiger partial charge < -0.3 is 9.42 Å². The van der Waals surface area contributed by atoms with E-state index in [1.165, 1.54) is 28.2 Å². The molecule has 0 N–H and O–H groups in total. The molecule has 2 aromatic heterocycles. The van der Waals surface area contributed by atoms with Gasteiger partial charge >= 0.3 is 0 Å². The minimum Gasteiger partial charge on any atom is -0.351 e. The molecule has 0 unspecified atom stereocenters. The highest BCUT2D eigenvalue weighted by atomic mass is 32.1. The number of likely N-dealkylation sites (tertiary alicyclic amines) is 2. The zero-order valence-electron chi connectivity index (χ0n) is 16.6. The molecule has 0 bridgehead atoms. The van der Waals surface area contributed by atoms with Crippen LogP contribution in [-0.4, -0.2) is 44.9 Å². The number of aryl methyl sites for hydroxylation is 2. The van der Waals surface area contributed by atoms with Crippen LogP contribution in [0.3, 0.4) is 0 Å². The van der Waals surface area contributed by atoms with Gasteiger partial charge in [-0.3, -0.25) is 9.69 Å². The quantitative estimate of drug-likeness (QED) is 0.659. The molecule has 29 heavy (non-hydrogen) atoms. The summed E-state index contributed by atoms with van der Waals surface area (Å²) in [6.07, 6.45) is 1.96. The van der Waals surface area contributed by atoms with Gasteiger partial charge in [-0.2, -0.15) is 0 Å². The van der Waals surface area contributed by atoms with E-state index in [-0.39, 0.29) is 11.9 Å². The second-order valence-electron chi connectivity index (χ2n) is 8.24. The maximum atomic E-state index is 13.3. The number of amides is 1. The van der Waals surface area contributed by atoms with Gasteiger partial charge in [0.1, 0.15) is 0 Å². The topological polar surface area (TPSA) is 62.5 Å². The number of benzene rings is 1. The third-order valence-corrected chi connectivity index (χ3v) is 6.87. The highest BCUT2D eigenvalue weighted by Crippen LogP contribution is 2.46. The van der Waals surface area contributed by atoms with Crippen LogP contribution in [0, 0.1) is 25.7 Å². The van der Waals surface area contributed by atoms with Crippen LogP contribution in [0.5, 0.6) is 0 Å². The Kier molecular flexibility index (Phi) is 4.72. The van der Waals surface area contributed by atoms with Crippen LogP contribution in [0.15, 0.2) is 46.4 Å². The molecule has 5 rings (SSSR count). The van der Waals surface area contributed by atoms with Crippen LogP contribution in [0.4, 0.5) is 0 Å². The Balaban J connectivity index is 1.45. The van der Waals surface area contributed by atoms with E-state index in [4.69, 9.17) is 4.52 Å². The third kappa shape index (κ3) is 3.38. The van der Waals surface area contributed by atoms with Crippen LogP contribution in [0.1, 0.15) is 39.0 Å². The molecule has 150 valence electrons. The zero-order valence-corrected chi connectivity index (χ0v) is 17.4. The Morgan fingerprint density at radius 3 is 2.83 bits per heavy atom. The predicted molar refractivity (Wildman–Crippen MR) is 111 cm³/mol. The fourth-order valence-corrected chi connectivity index (χ4v) is 5.49. The maximum absolute atomic E-state index is 13.3. The van der Waals surface area contributed by atoms with Crippen LogP contribution in [0.25, 0.3) is 0 Å². The lowest BCUT2D eigenvalue weighted by Crippen LogP contribution is -2.35. The maximum Gasteiger partial charge on any atom is 0.293 e. The van der Waals surface area contributed by atoms with Gasteiger partial charge in [-0.05, 0) is 48.0 Å². The molecule has 4 heterocycles. The summed E-state index contributed by atoms with van der Waals surface area (Å²) in [5.41, 5.74) is 4.47. The SMILES string of the molecule is Cc1cc(C(=O)N2C[C@@H]3CN(Cc4cnsc4)C[C@@H]3[C@@H]2c2ccccc2C)on1. The van der Waals surface area contributed by atoms with Crippen LogP contribution in [0.2, 0.25) is 0 Å². The monoisotopic (exact) mass is 408 g/mol. The third-order valence-electron chi connectivity index (χ3n) is 6.24. The first kappa shape index (κ1) is 18.5. The Morgan fingerprint density at radius 1 is 1.24 bits per heavy atom. The summed E-state index contributed by atoms with van der Waals surface area (Å²) < 4.78 is 9.54. The van der Waals surface area contributed by atoms with Gasteiger partial charge in [-0.1, -0.05) is 29.4 Å². The molecule has 0 aliphatic carbocycles. The number of aromatic nitrogens is 2. The summed E-state index contributed by atoms with van der Waals surface area (Å²) in [6, 6.07) is 10.2. The second kappa shape index (κ2) is 7.39. The standard InChI is InChI=1S/C22H24N4O2S/c1-14-5-3-4-6-18(14)21-19-12-25(9-16-8-23-29-13-16)10-17(19)11-26(21)22(27)20-7-15(2)24-28-20/h3-8,13,17,19,21H,9-12H2,1-2H3/t17-,19-,21-/m0/s1. The van der Waals surface area contributed by atoms with Gasteiger partial charge in [-0.15, -0.1) is 0 Å². The lowest BCUT2D eigenvalue weighted by atomic mass is 9.87. The number of carbonyl (C=O) groups is 1. The highest BCUT2D eigenvalue weighted by Gasteiger charge is 2.50. The minimum atomic E-state index is -0.0539. The van der Waals surface area contributed by atoms with Crippen molar-refractivity contribution in [1.29, 1.82) is 0 Å². The Morgan fingerprint density at radius 2 is 2.10 bits per heavy atom. The smallest absolute Gasteiger partial charge is 0.293 e. The van der Waals surface area contributed by atoms with Gasteiger partial charge in [0.2, 0.25) is 5.76 Å². The molecule has 2 aliphatic heterocycles. The average Bonchev–Trinajstić information content (AvgIpc) is 3.47. The summed E-state index contributed by atoms with van der Waals surface area (Å²) in [6.45, 7) is 7.64. The van der Waals surface area contributed by atoms with E-state index in [1.807, 2.05) is 18.0 Å². The molecule has 0 saturated carbocycles. The second-order valence-corrected chi connectivity index (χ2v) is 8.90. The first-order valence-electron chi connectivity index (χ1n) is 10.0. The molecular formula is C22H24N4O2S. The predicted octanol–water partition coefficient (Wildman–Crippen LogP) is 3.69. The summed E-state index contributed by atoms with van der Waals surface area (Å²) in [4.78, 5) is 17.8. The Labute approximate surface area is 174 Å². The molecule has 2 saturated heterocycles. The zero-order chi connectivity index (χ0) is 20.0. The van der Waals surface area contributed by atoms with Crippen LogP contribution >= 0.6 is 11.5 Å². The van der Waals surface area contributed by atoms with E-state index in [1.54, 1.807) is 6.07 Å². The molecule has 1 amide bonds. The lowest BCUT2D eigenvalue weighted by Gasteiger charge is -2.30.